The minimum atomic E-state index is -2.93. The summed E-state index contributed by atoms with van der Waals surface area (Å²) in [5, 5.41) is 0. The molecule has 0 saturated carbocycles. The van der Waals surface area contributed by atoms with Crippen molar-refractivity contribution in [1.82, 2.24) is 4.90 Å². The molecule has 0 N–H and O–H groups in total. The molecule has 1 fully saturated rings. The highest BCUT2D eigenvalue weighted by Gasteiger charge is 2.32. The zero-order chi connectivity index (χ0) is 16.3. The Bertz CT molecular complexity index is 802. The first-order chi connectivity index (χ1) is 11.1. The molecule has 1 atom stereocenters. The summed E-state index contributed by atoms with van der Waals surface area (Å²) in [4.78, 5) is 2.01. The summed E-state index contributed by atoms with van der Waals surface area (Å²) >= 11 is 0. The van der Waals surface area contributed by atoms with E-state index >= 15 is 0 Å². The van der Waals surface area contributed by atoms with Crippen LogP contribution in [0.1, 0.15) is 12.2 Å². The highest BCUT2D eigenvalue weighted by atomic mass is 32.2. The van der Waals surface area contributed by atoms with Gasteiger partial charge < -0.3 is 4.42 Å². The monoisotopic (exact) mass is 329 g/mol. The maximum absolute atomic E-state index is 11.7. The Morgan fingerprint density at radius 1 is 1.22 bits per heavy atom. The summed E-state index contributed by atoms with van der Waals surface area (Å²) in [6, 6.07) is 13.7. The van der Waals surface area contributed by atoms with E-state index in [1.807, 2.05) is 47.4 Å². The van der Waals surface area contributed by atoms with Gasteiger partial charge in [-0.15, -0.1) is 6.42 Å². The van der Waals surface area contributed by atoms with Gasteiger partial charge in [0.2, 0.25) is 0 Å². The van der Waals surface area contributed by atoms with Crippen LogP contribution in [-0.2, 0) is 16.4 Å². The molecule has 3 rings (SSSR count). The summed E-state index contributed by atoms with van der Waals surface area (Å²) in [6.45, 7) is 0.943. The van der Waals surface area contributed by atoms with Crippen molar-refractivity contribution in [2.24, 2.45) is 0 Å². The molecule has 23 heavy (non-hydrogen) atoms. The van der Waals surface area contributed by atoms with E-state index in [9.17, 15) is 8.42 Å². The van der Waals surface area contributed by atoms with E-state index in [1.165, 1.54) is 0 Å². The second-order valence-electron chi connectivity index (χ2n) is 5.80. The van der Waals surface area contributed by atoms with Crippen LogP contribution in [0.5, 0.6) is 0 Å². The zero-order valence-electron chi connectivity index (χ0n) is 12.8. The number of furan rings is 1. The summed E-state index contributed by atoms with van der Waals surface area (Å²) in [7, 11) is -2.93. The van der Waals surface area contributed by atoms with Crippen LogP contribution in [0.15, 0.2) is 46.9 Å². The van der Waals surface area contributed by atoms with Crippen LogP contribution in [0, 0.1) is 12.3 Å². The minimum absolute atomic E-state index is 0.0266. The van der Waals surface area contributed by atoms with Gasteiger partial charge in [-0.25, -0.2) is 8.42 Å². The minimum Gasteiger partial charge on any atom is -0.460 e. The molecule has 0 radical (unpaired) electrons. The molecule has 0 bridgehead atoms. The molecule has 0 spiro atoms. The Balaban J connectivity index is 1.74. The van der Waals surface area contributed by atoms with Crippen molar-refractivity contribution in [1.29, 1.82) is 0 Å². The topological polar surface area (TPSA) is 50.5 Å². The quantitative estimate of drug-likeness (QED) is 0.791. The molecule has 2 heterocycles. The van der Waals surface area contributed by atoms with Crippen molar-refractivity contribution < 1.29 is 12.8 Å². The number of hydrogen-bond acceptors (Lipinski definition) is 4. The number of terminal acetylenes is 1. The molecule has 5 heteroatoms. The Hall–Kier alpha value is -2.03. The first-order valence-electron chi connectivity index (χ1n) is 7.59. The lowest BCUT2D eigenvalue weighted by atomic mass is 10.2. The van der Waals surface area contributed by atoms with E-state index < -0.39 is 9.84 Å². The van der Waals surface area contributed by atoms with Gasteiger partial charge in [0, 0.05) is 11.6 Å². The summed E-state index contributed by atoms with van der Waals surface area (Å²) in [5.41, 5.74) is 1.02. The van der Waals surface area contributed by atoms with Gasteiger partial charge in [-0.3, -0.25) is 4.90 Å². The summed E-state index contributed by atoms with van der Waals surface area (Å²) < 4.78 is 29.3. The van der Waals surface area contributed by atoms with Gasteiger partial charge in [0.05, 0.1) is 24.6 Å². The van der Waals surface area contributed by atoms with Crippen molar-refractivity contribution in [2.45, 2.75) is 19.0 Å². The van der Waals surface area contributed by atoms with Crippen LogP contribution in [0.2, 0.25) is 0 Å². The number of benzene rings is 1. The highest BCUT2D eigenvalue weighted by molar-refractivity contribution is 7.91. The smallest absolute Gasteiger partial charge is 0.151 e. The normalized spacial score (nSPS) is 19.7. The largest absolute Gasteiger partial charge is 0.460 e. The summed E-state index contributed by atoms with van der Waals surface area (Å²) in [6.07, 6.45) is 6.08. The predicted octanol–water partition coefficient (Wildman–Crippen LogP) is 2.57. The molecule has 0 amide bonds. The van der Waals surface area contributed by atoms with Gasteiger partial charge in [0.1, 0.15) is 11.5 Å². The molecule has 1 aliphatic heterocycles. The number of rotatable bonds is 5. The van der Waals surface area contributed by atoms with E-state index in [4.69, 9.17) is 10.8 Å². The first kappa shape index (κ1) is 15.9. The van der Waals surface area contributed by atoms with Gasteiger partial charge in [-0.1, -0.05) is 36.3 Å². The fourth-order valence-corrected chi connectivity index (χ4v) is 4.68. The lowest BCUT2D eigenvalue weighted by Gasteiger charge is -2.24. The van der Waals surface area contributed by atoms with E-state index in [2.05, 4.69) is 5.92 Å². The fourth-order valence-electron chi connectivity index (χ4n) is 2.92. The first-order valence-corrected chi connectivity index (χ1v) is 9.41. The summed E-state index contributed by atoms with van der Waals surface area (Å²) in [5.74, 6) is 4.64. The molecule has 0 unspecified atom stereocenters. The van der Waals surface area contributed by atoms with E-state index in [1.54, 1.807) is 0 Å². The molecule has 2 aromatic rings. The molecule has 1 aromatic heterocycles. The Morgan fingerprint density at radius 3 is 2.65 bits per heavy atom. The second-order valence-corrected chi connectivity index (χ2v) is 8.03. The average Bonchev–Trinajstić information content (AvgIpc) is 3.14. The molecule has 1 saturated heterocycles. The standard InChI is InChI=1S/C18H19NO3S/c1-2-11-19(16-10-12-23(20,21)14-16)13-17-8-9-18(22-17)15-6-4-3-5-7-15/h1,3-9,16H,10-14H2/t16-/m1/s1. The molecular formula is C18H19NO3S. The Kier molecular flexibility index (Phi) is 4.56. The van der Waals surface area contributed by atoms with E-state index in [-0.39, 0.29) is 17.5 Å². The lowest BCUT2D eigenvalue weighted by molar-refractivity contribution is 0.213. The van der Waals surface area contributed by atoms with E-state index in [0.29, 0.717) is 19.5 Å². The SMILES string of the molecule is C#CCN(Cc1ccc(-c2ccccc2)o1)[C@@H]1CCS(=O)(=O)C1. The van der Waals surface area contributed by atoms with Crippen molar-refractivity contribution in [2.75, 3.05) is 18.1 Å². The van der Waals surface area contributed by atoms with Gasteiger partial charge >= 0.3 is 0 Å². The molecule has 0 aliphatic carbocycles. The molecular weight excluding hydrogens is 310 g/mol. The van der Waals surface area contributed by atoms with Crippen LogP contribution in [0.25, 0.3) is 11.3 Å². The third kappa shape index (κ3) is 3.84. The number of nitrogens with zero attached hydrogens (tertiary/aromatic N) is 1. The van der Waals surface area contributed by atoms with Gasteiger partial charge in [-0.2, -0.15) is 0 Å². The zero-order valence-corrected chi connectivity index (χ0v) is 13.6. The van der Waals surface area contributed by atoms with Gasteiger partial charge in [-0.05, 0) is 18.6 Å². The van der Waals surface area contributed by atoms with Gasteiger partial charge in [0.25, 0.3) is 0 Å². The lowest BCUT2D eigenvalue weighted by Crippen LogP contribution is -2.35. The highest BCUT2D eigenvalue weighted by Crippen LogP contribution is 2.24. The van der Waals surface area contributed by atoms with Crippen LogP contribution < -0.4 is 0 Å². The third-order valence-corrected chi connectivity index (χ3v) is 5.85. The second kappa shape index (κ2) is 6.61. The Morgan fingerprint density at radius 2 is 2.00 bits per heavy atom. The maximum atomic E-state index is 11.7. The maximum Gasteiger partial charge on any atom is 0.151 e. The van der Waals surface area contributed by atoms with E-state index in [0.717, 1.165) is 17.1 Å². The molecule has 1 aromatic carbocycles. The molecule has 4 nitrogen and oxygen atoms in total. The van der Waals surface area contributed by atoms with Crippen molar-refractivity contribution in [3.05, 3.63) is 48.2 Å². The fraction of sp³-hybridized carbons (Fsp3) is 0.333. The van der Waals surface area contributed by atoms with Crippen molar-refractivity contribution in [3.63, 3.8) is 0 Å². The van der Waals surface area contributed by atoms with Crippen LogP contribution >= 0.6 is 0 Å². The van der Waals surface area contributed by atoms with Crippen LogP contribution in [0.4, 0.5) is 0 Å². The number of hydrogen-bond donors (Lipinski definition) is 0. The third-order valence-electron chi connectivity index (χ3n) is 4.10. The van der Waals surface area contributed by atoms with Crippen LogP contribution in [0.3, 0.4) is 0 Å². The number of sulfone groups is 1. The van der Waals surface area contributed by atoms with Gasteiger partial charge in [0.15, 0.2) is 9.84 Å². The predicted molar refractivity (Wildman–Crippen MR) is 90.4 cm³/mol. The average molecular weight is 329 g/mol. The molecule has 120 valence electrons. The Labute approximate surface area is 137 Å². The van der Waals surface area contributed by atoms with Crippen molar-refractivity contribution >= 4 is 9.84 Å². The van der Waals surface area contributed by atoms with Crippen LogP contribution in [-0.4, -0.2) is 37.4 Å². The van der Waals surface area contributed by atoms with Crippen molar-refractivity contribution in [3.8, 4) is 23.7 Å². The molecule has 1 aliphatic rings.